The molecule has 0 fully saturated rings. The minimum absolute atomic E-state index is 0.0686. The van der Waals surface area contributed by atoms with Crippen LogP contribution in [0, 0.1) is 6.92 Å². The van der Waals surface area contributed by atoms with Crippen LogP contribution in [-0.2, 0) is 14.3 Å². The fraction of sp³-hybridized carbons (Fsp3) is 0.529. The van der Waals surface area contributed by atoms with Crippen LogP contribution in [0.5, 0.6) is 5.75 Å². The van der Waals surface area contributed by atoms with E-state index in [9.17, 15) is 9.59 Å². The number of aryl methyl sites for hydroxylation is 1. The molecule has 0 aliphatic heterocycles. The molecular weight excluding hydrogens is 282 g/mol. The van der Waals surface area contributed by atoms with Gasteiger partial charge in [-0.2, -0.15) is 0 Å². The number of benzene rings is 1. The average molecular weight is 307 g/mol. The standard InChI is InChI=1S/C17H25NO4/c1-6-21-17(20)10-18(5)16(19)11-22-15-9-13(4)7-8-14(15)12(2)3/h7-9,12H,6,10-11H2,1-5H3. The Hall–Kier alpha value is -2.04. The van der Waals surface area contributed by atoms with Crippen LogP contribution >= 0.6 is 0 Å². The van der Waals surface area contributed by atoms with E-state index in [2.05, 4.69) is 13.8 Å². The zero-order valence-corrected chi connectivity index (χ0v) is 14.0. The van der Waals surface area contributed by atoms with Crippen molar-refractivity contribution >= 4 is 11.9 Å². The van der Waals surface area contributed by atoms with Crippen LogP contribution in [0.2, 0.25) is 0 Å². The highest BCUT2D eigenvalue weighted by Crippen LogP contribution is 2.27. The first-order valence-corrected chi connectivity index (χ1v) is 7.48. The number of hydrogen-bond acceptors (Lipinski definition) is 4. The fourth-order valence-corrected chi connectivity index (χ4v) is 1.98. The number of esters is 1. The van der Waals surface area contributed by atoms with Crippen molar-refractivity contribution in [2.75, 3.05) is 26.8 Å². The van der Waals surface area contributed by atoms with Crippen molar-refractivity contribution in [1.29, 1.82) is 0 Å². The molecule has 1 amide bonds. The van der Waals surface area contributed by atoms with E-state index < -0.39 is 5.97 Å². The van der Waals surface area contributed by atoms with Gasteiger partial charge in [0.05, 0.1) is 6.61 Å². The normalized spacial score (nSPS) is 10.5. The zero-order valence-electron chi connectivity index (χ0n) is 14.0. The first-order chi connectivity index (χ1) is 10.3. The Morgan fingerprint density at radius 3 is 2.55 bits per heavy atom. The molecule has 22 heavy (non-hydrogen) atoms. The van der Waals surface area contributed by atoms with Gasteiger partial charge in [-0.05, 0) is 37.0 Å². The van der Waals surface area contributed by atoms with Crippen molar-refractivity contribution in [3.63, 3.8) is 0 Å². The molecule has 1 aromatic rings. The number of likely N-dealkylation sites (N-methyl/N-ethyl adjacent to an activating group) is 1. The minimum Gasteiger partial charge on any atom is -0.483 e. The van der Waals surface area contributed by atoms with E-state index in [1.165, 1.54) is 4.90 Å². The lowest BCUT2D eigenvalue weighted by atomic mass is 10.0. The summed E-state index contributed by atoms with van der Waals surface area (Å²) in [6.07, 6.45) is 0. The molecular formula is C17H25NO4. The highest BCUT2D eigenvalue weighted by atomic mass is 16.5. The lowest BCUT2D eigenvalue weighted by molar-refractivity contribution is -0.148. The third-order valence-corrected chi connectivity index (χ3v) is 3.24. The zero-order chi connectivity index (χ0) is 16.7. The topological polar surface area (TPSA) is 55.8 Å². The summed E-state index contributed by atoms with van der Waals surface area (Å²) in [7, 11) is 1.56. The van der Waals surface area contributed by atoms with Gasteiger partial charge in [-0.25, -0.2) is 0 Å². The molecule has 1 aromatic carbocycles. The molecule has 0 aliphatic rings. The Balaban J connectivity index is 2.64. The van der Waals surface area contributed by atoms with Gasteiger partial charge in [0.2, 0.25) is 0 Å². The Morgan fingerprint density at radius 2 is 1.95 bits per heavy atom. The van der Waals surface area contributed by atoms with Gasteiger partial charge in [-0.1, -0.05) is 26.0 Å². The molecule has 0 radical (unpaired) electrons. The molecule has 0 unspecified atom stereocenters. The third-order valence-electron chi connectivity index (χ3n) is 3.24. The maximum absolute atomic E-state index is 12.0. The van der Waals surface area contributed by atoms with Gasteiger partial charge in [-0.3, -0.25) is 9.59 Å². The van der Waals surface area contributed by atoms with Crippen LogP contribution < -0.4 is 4.74 Å². The van der Waals surface area contributed by atoms with E-state index in [-0.39, 0.29) is 19.1 Å². The number of carbonyl (C=O) groups excluding carboxylic acids is 2. The molecule has 0 heterocycles. The largest absolute Gasteiger partial charge is 0.483 e. The number of hydrogen-bond donors (Lipinski definition) is 0. The molecule has 0 bridgehead atoms. The molecule has 1 rings (SSSR count). The Kier molecular flexibility index (Phi) is 6.89. The summed E-state index contributed by atoms with van der Waals surface area (Å²) < 4.78 is 10.5. The van der Waals surface area contributed by atoms with Crippen LogP contribution in [0.15, 0.2) is 18.2 Å². The van der Waals surface area contributed by atoms with Crippen LogP contribution in [0.1, 0.15) is 37.8 Å². The van der Waals surface area contributed by atoms with Crippen molar-refractivity contribution in [3.05, 3.63) is 29.3 Å². The lowest BCUT2D eigenvalue weighted by Crippen LogP contribution is -2.36. The van der Waals surface area contributed by atoms with E-state index in [1.807, 2.05) is 25.1 Å². The van der Waals surface area contributed by atoms with Gasteiger partial charge in [0.25, 0.3) is 5.91 Å². The Bertz CT molecular complexity index is 525. The van der Waals surface area contributed by atoms with Crippen LogP contribution in [0.4, 0.5) is 0 Å². The molecule has 0 saturated heterocycles. The van der Waals surface area contributed by atoms with Crippen molar-refractivity contribution in [3.8, 4) is 5.75 Å². The van der Waals surface area contributed by atoms with E-state index in [4.69, 9.17) is 9.47 Å². The molecule has 0 atom stereocenters. The average Bonchev–Trinajstić information content (AvgIpc) is 2.44. The molecule has 0 spiro atoms. The summed E-state index contributed by atoms with van der Waals surface area (Å²) in [4.78, 5) is 24.7. The van der Waals surface area contributed by atoms with Crippen LogP contribution in [0.25, 0.3) is 0 Å². The van der Waals surface area contributed by atoms with Gasteiger partial charge in [0, 0.05) is 7.05 Å². The highest BCUT2D eigenvalue weighted by molar-refractivity contribution is 5.82. The van der Waals surface area contributed by atoms with Gasteiger partial charge in [0.1, 0.15) is 12.3 Å². The van der Waals surface area contributed by atoms with Crippen LogP contribution in [-0.4, -0.2) is 43.6 Å². The van der Waals surface area contributed by atoms with Gasteiger partial charge < -0.3 is 14.4 Å². The summed E-state index contributed by atoms with van der Waals surface area (Å²) in [5.74, 6) is 0.344. The summed E-state index contributed by atoms with van der Waals surface area (Å²) >= 11 is 0. The van der Waals surface area contributed by atoms with Gasteiger partial charge in [-0.15, -0.1) is 0 Å². The number of amides is 1. The first-order valence-electron chi connectivity index (χ1n) is 7.48. The summed E-state index contributed by atoms with van der Waals surface area (Å²) in [6.45, 7) is 8.00. The monoisotopic (exact) mass is 307 g/mol. The maximum Gasteiger partial charge on any atom is 0.325 e. The molecule has 5 heteroatoms. The SMILES string of the molecule is CCOC(=O)CN(C)C(=O)COc1cc(C)ccc1C(C)C. The number of rotatable bonds is 7. The van der Waals surface area contributed by atoms with Gasteiger partial charge >= 0.3 is 5.97 Å². The molecule has 5 nitrogen and oxygen atoms in total. The van der Waals surface area contributed by atoms with E-state index >= 15 is 0 Å². The van der Waals surface area contributed by atoms with Crippen LogP contribution in [0.3, 0.4) is 0 Å². The van der Waals surface area contributed by atoms with Crippen molar-refractivity contribution in [2.24, 2.45) is 0 Å². The van der Waals surface area contributed by atoms with Gasteiger partial charge in [0.15, 0.2) is 6.61 Å². The minimum atomic E-state index is -0.420. The number of ether oxygens (including phenoxy) is 2. The molecule has 0 aliphatic carbocycles. The Morgan fingerprint density at radius 1 is 1.27 bits per heavy atom. The molecule has 0 aromatic heterocycles. The smallest absolute Gasteiger partial charge is 0.325 e. The van der Waals surface area contributed by atoms with E-state index in [0.717, 1.165) is 11.1 Å². The fourth-order valence-electron chi connectivity index (χ4n) is 1.98. The third kappa shape index (κ3) is 5.39. The second-order valence-electron chi connectivity index (χ2n) is 5.54. The van der Waals surface area contributed by atoms with Crippen molar-refractivity contribution < 1.29 is 19.1 Å². The summed E-state index contributed by atoms with van der Waals surface area (Å²) in [5, 5.41) is 0. The predicted octanol–water partition coefficient (Wildman–Crippen LogP) is 2.52. The van der Waals surface area contributed by atoms with Crippen molar-refractivity contribution in [2.45, 2.75) is 33.6 Å². The maximum atomic E-state index is 12.0. The second kappa shape index (κ2) is 8.41. The second-order valence-corrected chi connectivity index (χ2v) is 5.54. The summed E-state index contributed by atoms with van der Waals surface area (Å²) in [5.41, 5.74) is 2.14. The first kappa shape index (κ1) is 18.0. The molecule has 0 saturated carbocycles. The summed E-state index contributed by atoms with van der Waals surface area (Å²) in [6, 6.07) is 5.97. The lowest BCUT2D eigenvalue weighted by Gasteiger charge is -2.18. The highest BCUT2D eigenvalue weighted by Gasteiger charge is 2.15. The number of nitrogens with zero attached hydrogens (tertiary/aromatic N) is 1. The van der Waals surface area contributed by atoms with E-state index in [0.29, 0.717) is 18.3 Å². The number of carbonyl (C=O) groups is 2. The predicted molar refractivity (Wildman–Crippen MR) is 85.0 cm³/mol. The van der Waals surface area contributed by atoms with E-state index in [1.54, 1.807) is 14.0 Å². The molecule has 0 N–H and O–H groups in total. The molecule has 122 valence electrons. The Labute approximate surface area is 132 Å². The quantitative estimate of drug-likeness (QED) is 0.726. The van der Waals surface area contributed by atoms with Crippen molar-refractivity contribution in [1.82, 2.24) is 4.90 Å².